The van der Waals surface area contributed by atoms with Gasteiger partial charge in [-0.15, -0.1) is 0 Å². The van der Waals surface area contributed by atoms with Gasteiger partial charge in [-0.1, -0.05) is 12.1 Å². The van der Waals surface area contributed by atoms with Crippen LogP contribution in [-0.2, 0) is 16.0 Å². The van der Waals surface area contributed by atoms with E-state index in [1.807, 2.05) is 18.2 Å². The predicted molar refractivity (Wildman–Crippen MR) is 67.0 cm³/mol. The molecule has 0 aliphatic carbocycles. The summed E-state index contributed by atoms with van der Waals surface area (Å²) in [6, 6.07) is 5.92. The lowest BCUT2D eigenvalue weighted by molar-refractivity contribution is 0.0719. The van der Waals surface area contributed by atoms with Gasteiger partial charge < -0.3 is 24.3 Å². The Bertz CT molecular complexity index is 370. The minimum absolute atomic E-state index is 0.312. The Balaban J connectivity index is 1.66. The molecule has 1 heterocycles. The van der Waals surface area contributed by atoms with Gasteiger partial charge in [0, 0.05) is 25.8 Å². The molecule has 0 unspecified atom stereocenters. The Morgan fingerprint density at radius 3 is 3.06 bits per heavy atom. The maximum Gasteiger partial charge on any atom is 0.231 e. The summed E-state index contributed by atoms with van der Waals surface area (Å²) in [7, 11) is 1.67. The molecule has 0 amide bonds. The zero-order valence-corrected chi connectivity index (χ0v) is 10.6. The van der Waals surface area contributed by atoms with Gasteiger partial charge in [-0.2, -0.15) is 0 Å². The molecule has 1 aliphatic rings. The molecule has 1 N–H and O–H groups in total. The minimum Gasteiger partial charge on any atom is -0.454 e. The predicted octanol–water partition coefficient (Wildman–Crippen LogP) is 1.17. The van der Waals surface area contributed by atoms with Crippen LogP contribution in [0.2, 0.25) is 0 Å². The highest BCUT2D eigenvalue weighted by atomic mass is 16.7. The zero-order chi connectivity index (χ0) is 12.6. The van der Waals surface area contributed by atoms with Gasteiger partial charge in [0.05, 0.1) is 19.8 Å². The fourth-order valence-corrected chi connectivity index (χ4v) is 1.74. The Labute approximate surface area is 107 Å². The van der Waals surface area contributed by atoms with Crippen molar-refractivity contribution in [2.24, 2.45) is 0 Å². The number of hydrogen-bond donors (Lipinski definition) is 1. The van der Waals surface area contributed by atoms with Crippen molar-refractivity contribution in [2.75, 3.05) is 40.3 Å². The van der Waals surface area contributed by atoms with Crippen LogP contribution >= 0.6 is 0 Å². The molecular weight excluding hydrogens is 234 g/mol. The van der Waals surface area contributed by atoms with Crippen LogP contribution < -0.4 is 14.8 Å². The van der Waals surface area contributed by atoms with Gasteiger partial charge in [0.25, 0.3) is 0 Å². The number of nitrogens with one attached hydrogen (secondary N) is 1. The molecule has 0 bridgehead atoms. The third kappa shape index (κ3) is 3.60. The van der Waals surface area contributed by atoms with Crippen molar-refractivity contribution < 1.29 is 18.9 Å². The van der Waals surface area contributed by atoms with E-state index < -0.39 is 0 Å². The van der Waals surface area contributed by atoms with Crippen LogP contribution in [0.4, 0.5) is 0 Å². The quantitative estimate of drug-likeness (QED) is 0.705. The fourth-order valence-electron chi connectivity index (χ4n) is 1.74. The molecule has 5 nitrogen and oxygen atoms in total. The normalized spacial score (nSPS) is 12.9. The summed E-state index contributed by atoms with van der Waals surface area (Å²) in [5, 5.41) is 3.31. The monoisotopic (exact) mass is 253 g/mol. The van der Waals surface area contributed by atoms with E-state index >= 15 is 0 Å². The number of benzene rings is 1. The molecular formula is C13H19NO4. The molecule has 0 radical (unpaired) electrons. The summed E-state index contributed by atoms with van der Waals surface area (Å²) in [6.45, 7) is 3.81. The van der Waals surface area contributed by atoms with Gasteiger partial charge in [0.2, 0.25) is 6.79 Å². The fraction of sp³-hybridized carbons (Fsp3) is 0.538. The third-order valence-electron chi connectivity index (χ3n) is 2.65. The van der Waals surface area contributed by atoms with Crippen LogP contribution in [-0.4, -0.2) is 40.3 Å². The first kappa shape index (κ1) is 13.1. The van der Waals surface area contributed by atoms with Crippen LogP contribution in [0.3, 0.4) is 0 Å². The van der Waals surface area contributed by atoms with Crippen LogP contribution in [0.15, 0.2) is 18.2 Å². The van der Waals surface area contributed by atoms with Crippen molar-refractivity contribution in [1.29, 1.82) is 0 Å². The van der Waals surface area contributed by atoms with Gasteiger partial charge in [0.15, 0.2) is 11.5 Å². The summed E-state index contributed by atoms with van der Waals surface area (Å²) >= 11 is 0. The average Bonchev–Trinajstić information content (AvgIpc) is 2.86. The van der Waals surface area contributed by atoms with Gasteiger partial charge in [-0.3, -0.25) is 0 Å². The first-order valence-electron chi connectivity index (χ1n) is 6.06. The molecule has 5 heteroatoms. The third-order valence-corrected chi connectivity index (χ3v) is 2.65. The number of methoxy groups -OCH3 is 1. The Hall–Kier alpha value is -1.30. The Kier molecular flexibility index (Phi) is 5.26. The molecule has 1 aromatic carbocycles. The van der Waals surface area contributed by atoms with E-state index in [0.29, 0.717) is 26.6 Å². The van der Waals surface area contributed by atoms with E-state index in [1.54, 1.807) is 7.11 Å². The number of ether oxygens (including phenoxy) is 4. The van der Waals surface area contributed by atoms with Crippen LogP contribution in [0.25, 0.3) is 0 Å². The SMILES string of the molecule is COCCOCCNCc1cccc2c1OCO2. The lowest BCUT2D eigenvalue weighted by Crippen LogP contribution is -2.20. The van der Waals surface area contributed by atoms with Crippen molar-refractivity contribution in [2.45, 2.75) is 6.54 Å². The molecule has 18 heavy (non-hydrogen) atoms. The summed E-state index contributed by atoms with van der Waals surface area (Å²) in [6.07, 6.45) is 0. The number of rotatable bonds is 8. The average molecular weight is 253 g/mol. The van der Waals surface area contributed by atoms with Crippen LogP contribution in [0, 0.1) is 0 Å². The van der Waals surface area contributed by atoms with Crippen molar-refractivity contribution in [3.05, 3.63) is 23.8 Å². The minimum atomic E-state index is 0.312. The number of fused-ring (bicyclic) bond motifs is 1. The van der Waals surface area contributed by atoms with Crippen molar-refractivity contribution in [1.82, 2.24) is 5.32 Å². The lowest BCUT2D eigenvalue weighted by atomic mass is 10.2. The van der Waals surface area contributed by atoms with Crippen LogP contribution in [0.5, 0.6) is 11.5 Å². The maximum absolute atomic E-state index is 5.43. The maximum atomic E-state index is 5.43. The summed E-state index contributed by atoms with van der Waals surface area (Å²) in [5.74, 6) is 1.68. The van der Waals surface area contributed by atoms with Gasteiger partial charge in [-0.25, -0.2) is 0 Å². The molecule has 0 saturated heterocycles. The highest BCUT2D eigenvalue weighted by Gasteiger charge is 2.16. The standard InChI is InChI=1S/C13H19NO4/c1-15-7-8-16-6-5-14-9-11-3-2-4-12-13(11)18-10-17-12/h2-4,14H,5-10H2,1H3. The molecule has 0 atom stereocenters. The first-order chi connectivity index (χ1) is 8.92. The Morgan fingerprint density at radius 2 is 2.17 bits per heavy atom. The smallest absolute Gasteiger partial charge is 0.231 e. The van der Waals surface area contributed by atoms with E-state index in [2.05, 4.69) is 5.32 Å². The molecule has 1 aromatic rings. The van der Waals surface area contributed by atoms with E-state index in [4.69, 9.17) is 18.9 Å². The lowest BCUT2D eigenvalue weighted by Gasteiger charge is -2.08. The number of hydrogen-bond acceptors (Lipinski definition) is 5. The largest absolute Gasteiger partial charge is 0.454 e. The van der Waals surface area contributed by atoms with Crippen molar-refractivity contribution >= 4 is 0 Å². The summed E-state index contributed by atoms with van der Waals surface area (Å²) in [4.78, 5) is 0. The molecule has 1 aliphatic heterocycles. The molecule has 0 saturated carbocycles. The van der Waals surface area contributed by atoms with Gasteiger partial charge in [-0.05, 0) is 6.07 Å². The Morgan fingerprint density at radius 1 is 1.22 bits per heavy atom. The molecule has 100 valence electrons. The highest BCUT2D eigenvalue weighted by Crippen LogP contribution is 2.34. The molecule has 0 spiro atoms. The van der Waals surface area contributed by atoms with Gasteiger partial charge >= 0.3 is 0 Å². The van der Waals surface area contributed by atoms with E-state index in [-0.39, 0.29) is 0 Å². The first-order valence-corrected chi connectivity index (χ1v) is 6.06. The second kappa shape index (κ2) is 7.20. The zero-order valence-electron chi connectivity index (χ0n) is 10.6. The van der Waals surface area contributed by atoms with E-state index in [1.165, 1.54) is 0 Å². The van der Waals surface area contributed by atoms with Gasteiger partial charge in [0.1, 0.15) is 0 Å². The summed E-state index contributed by atoms with van der Waals surface area (Å²) < 4.78 is 21.0. The molecule has 0 fully saturated rings. The molecule has 0 aromatic heterocycles. The van der Waals surface area contributed by atoms with Crippen molar-refractivity contribution in [3.8, 4) is 11.5 Å². The molecule has 2 rings (SSSR count). The van der Waals surface area contributed by atoms with Crippen molar-refractivity contribution in [3.63, 3.8) is 0 Å². The second-order valence-electron chi connectivity index (χ2n) is 3.93. The van der Waals surface area contributed by atoms with E-state index in [0.717, 1.165) is 30.2 Å². The topological polar surface area (TPSA) is 49.0 Å². The highest BCUT2D eigenvalue weighted by molar-refractivity contribution is 5.48. The van der Waals surface area contributed by atoms with E-state index in [9.17, 15) is 0 Å². The summed E-state index contributed by atoms with van der Waals surface area (Å²) in [5.41, 5.74) is 1.11. The number of para-hydroxylation sites is 1. The second-order valence-corrected chi connectivity index (χ2v) is 3.93. The van der Waals surface area contributed by atoms with Crippen LogP contribution in [0.1, 0.15) is 5.56 Å².